The minimum atomic E-state index is 0.224. The number of guanidine groups is 1. The summed E-state index contributed by atoms with van der Waals surface area (Å²) in [6, 6.07) is 20.6. The molecular weight excluding hydrogens is 336 g/mol. The van der Waals surface area contributed by atoms with Crippen LogP contribution < -0.4 is 11.1 Å². The Morgan fingerprint density at radius 3 is 2.33 bits per heavy atom. The predicted octanol–water partition coefficient (Wildman–Crippen LogP) is 2.22. The van der Waals surface area contributed by atoms with Crippen molar-refractivity contribution in [2.45, 2.75) is 19.3 Å². The van der Waals surface area contributed by atoms with Crippen molar-refractivity contribution in [2.75, 3.05) is 26.2 Å². The number of likely N-dealkylation sites (tertiary alicyclic amines) is 1. The van der Waals surface area contributed by atoms with Crippen LogP contribution in [0.1, 0.15) is 17.5 Å². The van der Waals surface area contributed by atoms with Crippen LogP contribution in [0.3, 0.4) is 0 Å². The summed E-state index contributed by atoms with van der Waals surface area (Å²) in [7, 11) is 0. The fraction of sp³-hybridized carbons (Fsp3) is 0.364. The van der Waals surface area contributed by atoms with Crippen LogP contribution in [0.25, 0.3) is 0 Å². The summed E-state index contributed by atoms with van der Waals surface area (Å²) in [5.74, 6) is 0.936. The molecule has 0 radical (unpaired) electrons. The summed E-state index contributed by atoms with van der Waals surface area (Å²) >= 11 is 0. The number of carbonyl (C=O) groups excluding carboxylic acids is 1. The Morgan fingerprint density at radius 1 is 1.04 bits per heavy atom. The molecule has 0 aliphatic carbocycles. The second-order valence-electron chi connectivity index (χ2n) is 7.03. The molecule has 3 N–H and O–H groups in total. The van der Waals surface area contributed by atoms with E-state index in [2.05, 4.69) is 34.6 Å². The van der Waals surface area contributed by atoms with Crippen LogP contribution in [-0.4, -0.2) is 42.9 Å². The van der Waals surface area contributed by atoms with E-state index in [1.54, 1.807) is 0 Å². The fourth-order valence-corrected chi connectivity index (χ4v) is 3.36. The van der Waals surface area contributed by atoms with Gasteiger partial charge in [-0.3, -0.25) is 9.79 Å². The van der Waals surface area contributed by atoms with E-state index >= 15 is 0 Å². The van der Waals surface area contributed by atoms with E-state index in [0.29, 0.717) is 18.9 Å². The molecule has 0 spiro atoms. The molecule has 0 aromatic heterocycles. The monoisotopic (exact) mass is 364 g/mol. The van der Waals surface area contributed by atoms with Gasteiger partial charge in [0.1, 0.15) is 0 Å². The lowest BCUT2D eigenvalue weighted by Gasteiger charge is -2.16. The molecule has 5 nitrogen and oxygen atoms in total. The maximum atomic E-state index is 12.2. The van der Waals surface area contributed by atoms with Gasteiger partial charge >= 0.3 is 0 Å². The highest BCUT2D eigenvalue weighted by Gasteiger charge is 2.28. The number of carbonyl (C=O) groups is 1. The van der Waals surface area contributed by atoms with Crippen molar-refractivity contribution < 1.29 is 4.79 Å². The smallest absolute Gasteiger partial charge is 0.223 e. The first kappa shape index (κ1) is 19.0. The zero-order valence-electron chi connectivity index (χ0n) is 15.7. The van der Waals surface area contributed by atoms with Gasteiger partial charge in [0, 0.05) is 38.5 Å². The molecule has 2 aromatic carbocycles. The van der Waals surface area contributed by atoms with Crippen molar-refractivity contribution in [1.82, 2.24) is 10.2 Å². The molecule has 0 bridgehead atoms. The van der Waals surface area contributed by atoms with E-state index in [-0.39, 0.29) is 11.8 Å². The first-order valence-electron chi connectivity index (χ1n) is 9.60. The second-order valence-corrected chi connectivity index (χ2v) is 7.03. The van der Waals surface area contributed by atoms with Gasteiger partial charge in [0.05, 0.1) is 0 Å². The molecule has 0 saturated carbocycles. The third kappa shape index (κ3) is 6.13. The molecule has 1 aliphatic heterocycles. The lowest BCUT2D eigenvalue weighted by atomic mass is 10.1. The minimum absolute atomic E-state index is 0.224. The van der Waals surface area contributed by atoms with Crippen LogP contribution >= 0.6 is 0 Å². The van der Waals surface area contributed by atoms with Gasteiger partial charge in [-0.15, -0.1) is 0 Å². The summed E-state index contributed by atoms with van der Waals surface area (Å²) in [5, 5.41) is 3.15. The highest BCUT2D eigenvalue weighted by atomic mass is 16.2. The maximum Gasteiger partial charge on any atom is 0.223 e. The van der Waals surface area contributed by atoms with Crippen molar-refractivity contribution in [3.63, 3.8) is 0 Å². The molecule has 3 rings (SSSR count). The Hall–Kier alpha value is -2.82. The van der Waals surface area contributed by atoms with Crippen molar-refractivity contribution in [1.29, 1.82) is 0 Å². The molecule has 2 aromatic rings. The van der Waals surface area contributed by atoms with Gasteiger partial charge in [-0.1, -0.05) is 60.7 Å². The fourth-order valence-electron chi connectivity index (χ4n) is 3.36. The minimum Gasteiger partial charge on any atom is -0.370 e. The summed E-state index contributed by atoms with van der Waals surface area (Å²) in [6.45, 7) is 2.89. The first-order valence-corrected chi connectivity index (χ1v) is 9.60. The molecule has 1 saturated heterocycles. The van der Waals surface area contributed by atoms with E-state index in [0.717, 1.165) is 32.5 Å². The number of hydrogen-bond acceptors (Lipinski definition) is 2. The van der Waals surface area contributed by atoms with Crippen molar-refractivity contribution in [2.24, 2.45) is 16.6 Å². The van der Waals surface area contributed by atoms with Crippen molar-refractivity contribution >= 4 is 11.9 Å². The van der Waals surface area contributed by atoms with E-state index in [9.17, 15) is 4.79 Å². The van der Waals surface area contributed by atoms with Crippen LogP contribution in [-0.2, 0) is 17.6 Å². The molecule has 1 atom stereocenters. The van der Waals surface area contributed by atoms with Crippen LogP contribution in [0.2, 0.25) is 0 Å². The topological polar surface area (TPSA) is 70.7 Å². The van der Waals surface area contributed by atoms with E-state index in [1.807, 2.05) is 41.3 Å². The van der Waals surface area contributed by atoms with Crippen LogP contribution in [0, 0.1) is 5.92 Å². The third-order valence-corrected chi connectivity index (χ3v) is 4.89. The summed E-state index contributed by atoms with van der Waals surface area (Å²) in [5.41, 5.74) is 8.49. The van der Waals surface area contributed by atoms with Crippen LogP contribution in [0.5, 0.6) is 0 Å². The van der Waals surface area contributed by atoms with E-state index in [1.165, 1.54) is 11.1 Å². The number of benzene rings is 2. The highest BCUT2D eigenvalue weighted by Crippen LogP contribution is 2.18. The average Bonchev–Trinajstić information content (AvgIpc) is 3.06. The van der Waals surface area contributed by atoms with Gasteiger partial charge in [-0.05, 0) is 24.0 Å². The van der Waals surface area contributed by atoms with Gasteiger partial charge in [0.15, 0.2) is 5.96 Å². The molecule has 27 heavy (non-hydrogen) atoms. The maximum absolute atomic E-state index is 12.2. The summed E-state index contributed by atoms with van der Waals surface area (Å²) in [4.78, 5) is 18.6. The first-order chi connectivity index (χ1) is 13.2. The number of rotatable bonds is 8. The zero-order valence-corrected chi connectivity index (χ0v) is 15.7. The van der Waals surface area contributed by atoms with Gasteiger partial charge in [-0.25, -0.2) is 0 Å². The van der Waals surface area contributed by atoms with Crippen molar-refractivity contribution in [3.8, 4) is 0 Å². The molecule has 142 valence electrons. The average molecular weight is 364 g/mol. The predicted molar refractivity (Wildman–Crippen MR) is 109 cm³/mol. The van der Waals surface area contributed by atoms with Gasteiger partial charge in [0.2, 0.25) is 5.91 Å². The Bertz CT molecular complexity index is 745. The van der Waals surface area contributed by atoms with E-state index < -0.39 is 0 Å². The zero-order chi connectivity index (χ0) is 18.9. The number of amides is 1. The van der Waals surface area contributed by atoms with Crippen molar-refractivity contribution in [3.05, 3.63) is 71.8 Å². The molecule has 1 heterocycles. The van der Waals surface area contributed by atoms with E-state index in [4.69, 9.17) is 5.73 Å². The number of hydrogen-bond donors (Lipinski definition) is 2. The van der Waals surface area contributed by atoms with Gasteiger partial charge in [0.25, 0.3) is 0 Å². The number of nitrogens with zero attached hydrogens (tertiary/aromatic N) is 2. The largest absolute Gasteiger partial charge is 0.370 e. The second kappa shape index (κ2) is 9.76. The lowest BCUT2D eigenvalue weighted by molar-refractivity contribution is -0.127. The van der Waals surface area contributed by atoms with Gasteiger partial charge in [-0.2, -0.15) is 0 Å². The number of nitrogens with one attached hydrogen (secondary N) is 1. The molecule has 1 fully saturated rings. The summed E-state index contributed by atoms with van der Waals surface area (Å²) in [6.07, 6.45) is 2.37. The molecule has 1 aliphatic rings. The normalized spacial score (nSPS) is 17.3. The Kier molecular flexibility index (Phi) is 6.85. The number of nitrogens with two attached hydrogens (primary N) is 1. The van der Waals surface area contributed by atoms with Crippen LogP contribution in [0.4, 0.5) is 0 Å². The SMILES string of the molecule is NC(=NCC1CC(=O)N(CCc2ccccc2)C1)NCCc1ccccc1. The molecule has 1 unspecified atom stereocenters. The molecule has 1 amide bonds. The third-order valence-electron chi connectivity index (χ3n) is 4.89. The standard InChI is InChI=1S/C22H28N4O/c23-22(24-13-11-18-7-3-1-4-8-18)25-16-20-15-21(27)26(17-20)14-12-19-9-5-2-6-10-19/h1-10,20H,11-17H2,(H3,23,24,25). The molecule has 5 heteroatoms. The molecular formula is C22H28N4O. The van der Waals surface area contributed by atoms with Crippen LogP contribution in [0.15, 0.2) is 65.7 Å². The van der Waals surface area contributed by atoms with Gasteiger partial charge < -0.3 is 16.0 Å². The summed E-state index contributed by atoms with van der Waals surface area (Å²) < 4.78 is 0. The Labute approximate surface area is 161 Å². The number of aliphatic imine (C=N–C) groups is 1. The Morgan fingerprint density at radius 2 is 1.67 bits per heavy atom. The Balaban J connectivity index is 1.37. The lowest BCUT2D eigenvalue weighted by Crippen LogP contribution is -2.34. The highest BCUT2D eigenvalue weighted by molar-refractivity contribution is 5.79. The quantitative estimate of drug-likeness (QED) is 0.557.